The van der Waals surface area contributed by atoms with E-state index in [4.69, 9.17) is 23.2 Å². The molecule has 1 atom stereocenters. The molecule has 2 rings (SSSR count). The number of halogens is 2. The summed E-state index contributed by atoms with van der Waals surface area (Å²) in [5, 5.41) is 18.6. The molecule has 1 aromatic carbocycles. The van der Waals surface area contributed by atoms with E-state index in [0.717, 1.165) is 12.2 Å². The SMILES string of the molecule is CCn1nccc1CNCC(O)c1ccc(Cl)cc1Cl. The van der Waals surface area contributed by atoms with Crippen LogP contribution in [0.4, 0.5) is 0 Å². The summed E-state index contributed by atoms with van der Waals surface area (Å²) < 4.78 is 1.91. The summed E-state index contributed by atoms with van der Waals surface area (Å²) in [6.45, 7) is 3.93. The van der Waals surface area contributed by atoms with Gasteiger partial charge in [0.25, 0.3) is 0 Å². The Morgan fingerprint density at radius 3 is 2.85 bits per heavy atom. The minimum absolute atomic E-state index is 0.413. The number of nitrogens with zero attached hydrogens (tertiary/aromatic N) is 2. The number of aryl methyl sites for hydroxylation is 1. The zero-order valence-corrected chi connectivity index (χ0v) is 12.7. The van der Waals surface area contributed by atoms with Crippen LogP contribution in [-0.4, -0.2) is 21.4 Å². The second-order valence-electron chi connectivity index (χ2n) is 4.45. The number of aliphatic hydroxyl groups is 1. The maximum Gasteiger partial charge on any atom is 0.0928 e. The Morgan fingerprint density at radius 1 is 1.35 bits per heavy atom. The van der Waals surface area contributed by atoms with Crippen molar-refractivity contribution in [3.05, 3.63) is 51.8 Å². The van der Waals surface area contributed by atoms with E-state index in [1.807, 2.05) is 17.7 Å². The lowest BCUT2D eigenvalue weighted by molar-refractivity contribution is 0.174. The van der Waals surface area contributed by atoms with Gasteiger partial charge in [0.2, 0.25) is 0 Å². The molecule has 2 aromatic rings. The van der Waals surface area contributed by atoms with Gasteiger partial charge in [0.15, 0.2) is 0 Å². The number of benzene rings is 1. The summed E-state index contributed by atoms with van der Waals surface area (Å²) >= 11 is 11.9. The number of rotatable bonds is 6. The Hall–Kier alpha value is -1.07. The Kier molecular flexibility index (Phi) is 5.43. The summed E-state index contributed by atoms with van der Waals surface area (Å²) in [7, 11) is 0. The highest BCUT2D eigenvalue weighted by molar-refractivity contribution is 6.35. The monoisotopic (exact) mass is 313 g/mol. The van der Waals surface area contributed by atoms with Crippen molar-refractivity contribution in [1.29, 1.82) is 0 Å². The smallest absolute Gasteiger partial charge is 0.0928 e. The molecule has 0 aliphatic rings. The van der Waals surface area contributed by atoms with E-state index < -0.39 is 6.10 Å². The molecule has 0 saturated heterocycles. The van der Waals surface area contributed by atoms with Crippen LogP contribution < -0.4 is 5.32 Å². The van der Waals surface area contributed by atoms with Gasteiger partial charge in [-0.1, -0.05) is 29.3 Å². The first-order chi connectivity index (χ1) is 9.61. The fourth-order valence-electron chi connectivity index (χ4n) is 2.01. The van der Waals surface area contributed by atoms with Crippen LogP contribution in [0.5, 0.6) is 0 Å². The molecule has 108 valence electrons. The average molecular weight is 314 g/mol. The molecule has 1 heterocycles. The highest BCUT2D eigenvalue weighted by Gasteiger charge is 2.12. The second kappa shape index (κ2) is 7.09. The summed E-state index contributed by atoms with van der Waals surface area (Å²) in [6.07, 6.45) is 1.10. The maximum absolute atomic E-state index is 10.1. The lowest BCUT2D eigenvalue weighted by Gasteiger charge is -2.14. The molecule has 1 unspecified atom stereocenters. The third-order valence-corrected chi connectivity index (χ3v) is 3.63. The fraction of sp³-hybridized carbons (Fsp3) is 0.357. The molecule has 0 bridgehead atoms. The molecule has 0 fully saturated rings. The van der Waals surface area contributed by atoms with Crippen LogP contribution in [0.2, 0.25) is 10.0 Å². The summed E-state index contributed by atoms with van der Waals surface area (Å²) in [6, 6.07) is 7.05. The number of hydrogen-bond acceptors (Lipinski definition) is 3. The van der Waals surface area contributed by atoms with Crippen molar-refractivity contribution in [3.63, 3.8) is 0 Å². The van der Waals surface area contributed by atoms with Gasteiger partial charge >= 0.3 is 0 Å². The Labute approximate surface area is 128 Å². The number of aromatic nitrogens is 2. The first kappa shape index (κ1) is 15.3. The van der Waals surface area contributed by atoms with Crippen LogP contribution in [0.25, 0.3) is 0 Å². The van der Waals surface area contributed by atoms with Crippen molar-refractivity contribution in [2.24, 2.45) is 0 Å². The summed E-state index contributed by atoms with van der Waals surface area (Å²) in [5.41, 5.74) is 1.76. The van der Waals surface area contributed by atoms with Gasteiger partial charge in [-0.3, -0.25) is 4.68 Å². The van der Waals surface area contributed by atoms with Gasteiger partial charge in [0, 0.05) is 41.4 Å². The topological polar surface area (TPSA) is 50.1 Å². The molecule has 0 radical (unpaired) electrons. The minimum atomic E-state index is -0.669. The van der Waals surface area contributed by atoms with Crippen LogP contribution >= 0.6 is 23.2 Å². The van der Waals surface area contributed by atoms with E-state index in [2.05, 4.69) is 10.4 Å². The van der Waals surface area contributed by atoms with Gasteiger partial charge in [-0.05, 0) is 25.1 Å². The van der Waals surface area contributed by atoms with E-state index >= 15 is 0 Å². The first-order valence-corrected chi connectivity index (χ1v) is 7.21. The molecule has 0 amide bonds. The Morgan fingerprint density at radius 2 is 2.15 bits per heavy atom. The average Bonchev–Trinajstić information content (AvgIpc) is 2.86. The molecule has 4 nitrogen and oxygen atoms in total. The minimum Gasteiger partial charge on any atom is -0.387 e. The zero-order valence-electron chi connectivity index (χ0n) is 11.2. The van der Waals surface area contributed by atoms with Gasteiger partial charge in [-0.15, -0.1) is 0 Å². The van der Waals surface area contributed by atoms with Crippen molar-refractivity contribution in [2.45, 2.75) is 26.1 Å². The molecular formula is C14H17Cl2N3O. The van der Waals surface area contributed by atoms with Crippen LogP contribution in [0.3, 0.4) is 0 Å². The standard InChI is InChI=1S/C14H17Cl2N3O/c1-2-19-11(5-6-18-19)8-17-9-14(20)12-4-3-10(15)7-13(12)16/h3-7,14,17,20H,2,8-9H2,1H3. The summed E-state index contributed by atoms with van der Waals surface area (Å²) in [5.74, 6) is 0. The number of nitrogens with one attached hydrogen (secondary N) is 1. The zero-order chi connectivity index (χ0) is 14.5. The second-order valence-corrected chi connectivity index (χ2v) is 5.29. The van der Waals surface area contributed by atoms with E-state index in [0.29, 0.717) is 28.7 Å². The predicted molar refractivity (Wildman–Crippen MR) is 81.0 cm³/mol. The molecule has 20 heavy (non-hydrogen) atoms. The van der Waals surface area contributed by atoms with Gasteiger partial charge in [-0.25, -0.2) is 0 Å². The number of hydrogen-bond donors (Lipinski definition) is 2. The van der Waals surface area contributed by atoms with Crippen molar-refractivity contribution < 1.29 is 5.11 Å². The normalized spacial score (nSPS) is 12.6. The molecule has 6 heteroatoms. The Balaban J connectivity index is 1.90. The molecule has 0 aliphatic heterocycles. The molecule has 2 N–H and O–H groups in total. The van der Waals surface area contributed by atoms with Crippen LogP contribution in [0.15, 0.2) is 30.5 Å². The molecule has 1 aromatic heterocycles. The Bertz CT molecular complexity index is 571. The lowest BCUT2D eigenvalue weighted by atomic mass is 10.1. The predicted octanol–water partition coefficient (Wildman–Crippen LogP) is 3.03. The van der Waals surface area contributed by atoms with Crippen LogP contribution in [0.1, 0.15) is 24.3 Å². The quantitative estimate of drug-likeness (QED) is 0.862. The van der Waals surface area contributed by atoms with Crippen LogP contribution in [-0.2, 0) is 13.1 Å². The largest absolute Gasteiger partial charge is 0.387 e. The van der Waals surface area contributed by atoms with E-state index in [-0.39, 0.29) is 0 Å². The third-order valence-electron chi connectivity index (χ3n) is 3.07. The highest BCUT2D eigenvalue weighted by atomic mass is 35.5. The highest BCUT2D eigenvalue weighted by Crippen LogP contribution is 2.25. The maximum atomic E-state index is 10.1. The molecule has 0 saturated carbocycles. The molecule has 0 aliphatic carbocycles. The lowest BCUT2D eigenvalue weighted by Crippen LogP contribution is -2.22. The van der Waals surface area contributed by atoms with Gasteiger partial charge in [-0.2, -0.15) is 5.10 Å². The van der Waals surface area contributed by atoms with Crippen molar-refractivity contribution in [2.75, 3.05) is 6.54 Å². The van der Waals surface area contributed by atoms with Crippen molar-refractivity contribution >= 4 is 23.2 Å². The third kappa shape index (κ3) is 3.73. The summed E-state index contributed by atoms with van der Waals surface area (Å²) in [4.78, 5) is 0. The van der Waals surface area contributed by atoms with Crippen LogP contribution in [0, 0.1) is 0 Å². The fourth-order valence-corrected chi connectivity index (χ4v) is 2.55. The van der Waals surface area contributed by atoms with E-state index in [1.165, 1.54) is 0 Å². The van der Waals surface area contributed by atoms with Gasteiger partial charge in [0.05, 0.1) is 11.8 Å². The van der Waals surface area contributed by atoms with Crippen molar-refractivity contribution in [3.8, 4) is 0 Å². The molecule has 0 spiro atoms. The molecular weight excluding hydrogens is 297 g/mol. The van der Waals surface area contributed by atoms with Gasteiger partial charge in [0.1, 0.15) is 0 Å². The first-order valence-electron chi connectivity index (χ1n) is 6.46. The van der Waals surface area contributed by atoms with Gasteiger partial charge < -0.3 is 10.4 Å². The number of aliphatic hydroxyl groups excluding tert-OH is 1. The van der Waals surface area contributed by atoms with E-state index in [9.17, 15) is 5.11 Å². The van der Waals surface area contributed by atoms with Crippen molar-refractivity contribution in [1.82, 2.24) is 15.1 Å². The van der Waals surface area contributed by atoms with E-state index in [1.54, 1.807) is 24.4 Å².